The highest BCUT2D eigenvalue weighted by atomic mass is 16.6. The molecule has 11 nitrogen and oxygen atoms in total. The van der Waals surface area contributed by atoms with Crippen molar-refractivity contribution >= 4 is 11.9 Å². The van der Waals surface area contributed by atoms with Gasteiger partial charge >= 0.3 is 0 Å². The van der Waals surface area contributed by atoms with Crippen LogP contribution in [0.3, 0.4) is 0 Å². The van der Waals surface area contributed by atoms with Crippen LogP contribution in [-0.2, 0) is 11.4 Å². The summed E-state index contributed by atoms with van der Waals surface area (Å²) < 4.78 is 21.1. The first-order valence-electron chi connectivity index (χ1n) is 13.6. The van der Waals surface area contributed by atoms with Gasteiger partial charge in [-0.05, 0) is 42.3 Å². The van der Waals surface area contributed by atoms with Gasteiger partial charge in [0.15, 0.2) is 29.6 Å². The molecule has 0 bridgehead atoms. The average Bonchev–Trinajstić information content (AvgIpc) is 3.63. The number of nitrogens with zero attached hydrogens (tertiary/aromatic N) is 7. The maximum atomic E-state index is 6.50. The minimum Gasteiger partial charge on any atom is -0.493 e. The summed E-state index contributed by atoms with van der Waals surface area (Å²) >= 11 is 0. The maximum absolute atomic E-state index is 6.50. The first-order valence-corrected chi connectivity index (χ1v) is 13.6. The lowest BCUT2D eigenvalue weighted by Gasteiger charge is -2.26. The molecule has 3 aromatic carbocycles. The Morgan fingerprint density at radius 1 is 0.907 bits per heavy atom. The Morgan fingerprint density at radius 3 is 2.44 bits per heavy atom. The van der Waals surface area contributed by atoms with Gasteiger partial charge in [0.1, 0.15) is 6.33 Å². The number of fused-ring (bicyclic) bond motifs is 4. The van der Waals surface area contributed by atoms with E-state index in [1.54, 1.807) is 36.0 Å². The van der Waals surface area contributed by atoms with E-state index in [0.717, 1.165) is 33.6 Å². The molecule has 1 aliphatic heterocycles. The molecule has 0 N–H and O–H groups in total. The van der Waals surface area contributed by atoms with Crippen LogP contribution in [0, 0.1) is 6.92 Å². The average molecular weight is 574 g/mol. The van der Waals surface area contributed by atoms with Gasteiger partial charge in [0.25, 0.3) is 0 Å². The fourth-order valence-electron chi connectivity index (χ4n) is 5.33. The first-order chi connectivity index (χ1) is 21.1. The quantitative estimate of drug-likeness (QED) is 0.174. The van der Waals surface area contributed by atoms with Gasteiger partial charge in [-0.1, -0.05) is 59.8 Å². The van der Waals surface area contributed by atoms with Crippen molar-refractivity contribution in [1.82, 2.24) is 29.4 Å². The summed E-state index contributed by atoms with van der Waals surface area (Å²) in [5.74, 6) is 2.35. The van der Waals surface area contributed by atoms with Gasteiger partial charge in [-0.15, -0.1) is 5.10 Å². The van der Waals surface area contributed by atoms with Crippen molar-refractivity contribution in [1.29, 1.82) is 0 Å². The van der Waals surface area contributed by atoms with E-state index in [2.05, 4.69) is 15.2 Å². The number of methoxy groups -OCH3 is 2. The van der Waals surface area contributed by atoms with E-state index in [1.807, 2.05) is 85.8 Å². The second-order valence-electron chi connectivity index (χ2n) is 9.88. The molecular weight excluding hydrogens is 546 g/mol. The number of benzene rings is 3. The minimum absolute atomic E-state index is 0.0812. The molecule has 0 amide bonds. The highest BCUT2D eigenvalue weighted by molar-refractivity contribution is 5.78. The van der Waals surface area contributed by atoms with Gasteiger partial charge in [0, 0.05) is 0 Å². The first kappa shape index (κ1) is 26.2. The van der Waals surface area contributed by atoms with Crippen LogP contribution in [0.2, 0.25) is 0 Å². The molecule has 4 heterocycles. The fourth-order valence-corrected chi connectivity index (χ4v) is 5.33. The topological polar surface area (TPSA) is 110 Å². The van der Waals surface area contributed by atoms with Crippen LogP contribution in [0.4, 0.5) is 0 Å². The van der Waals surface area contributed by atoms with E-state index in [0.29, 0.717) is 34.7 Å². The summed E-state index contributed by atoms with van der Waals surface area (Å²) in [4.78, 5) is 15.0. The number of hydrogen-bond donors (Lipinski definition) is 0. The van der Waals surface area contributed by atoms with Crippen LogP contribution in [0.25, 0.3) is 11.3 Å². The summed E-state index contributed by atoms with van der Waals surface area (Å²) in [6, 6.07) is 25.4. The SMILES string of the molecule is COc1ccc(C2c3c(C)nn(-c4ccccc4)c3Oc3ncn4nc(CON=Cc5ccccc5)nc4c32)cc1OC. The molecule has 0 saturated carbocycles. The molecule has 1 aliphatic rings. The molecule has 43 heavy (non-hydrogen) atoms. The fraction of sp³-hybridized carbons (Fsp3) is 0.156. The second-order valence-corrected chi connectivity index (χ2v) is 9.88. The predicted molar refractivity (Wildman–Crippen MR) is 158 cm³/mol. The number of rotatable bonds is 8. The molecule has 214 valence electrons. The molecule has 7 rings (SSSR count). The number of aromatic nitrogens is 6. The standard InChI is InChI=1S/C32H27N7O4/c1-20-27-28(22-14-15-24(40-2)25(16-22)41-3)29-30-35-26(18-42-34-17-21-10-6-4-7-11-21)37-38(30)19-33-31(29)43-32(27)39(36-20)23-12-8-5-9-13-23/h4-17,19,28H,18H2,1-3H3. The zero-order chi connectivity index (χ0) is 29.3. The molecule has 0 spiro atoms. The van der Waals surface area contributed by atoms with E-state index in [4.69, 9.17) is 29.1 Å². The van der Waals surface area contributed by atoms with Gasteiger partial charge in [-0.25, -0.2) is 19.2 Å². The Kier molecular flexibility index (Phi) is 6.66. The molecule has 3 aromatic heterocycles. The third-order valence-corrected chi connectivity index (χ3v) is 7.28. The van der Waals surface area contributed by atoms with E-state index in [9.17, 15) is 0 Å². The van der Waals surface area contributed by atoms with Crippen LogP contribution in [0.1, 0.15) is 39.7 Å². The minimum atomic E-state index is -0.346. The van der Waals surface area contributed by atoms with Crippen molar-refractivity contribution in [2.24, 2.45) is 5.16 Å². The van der Waals surface area contributed by atoms with Crippen LogP contribution in [0.5, 0.6) is 23.3 Å². The highest BCUT2D eigenvalue weighted by Crippen LogP contribution is 2.50. The summed E-state index contributed by atoms with van der Waals surface area (Å²) in [5, 5.41) is 13.6. The van der Waals surface area contributed by atoms with E-state index >= 15 is 0 Å². The van der Waals surface area contributed by atoms with Gasteiger partial charge in [-0.3, -0.25) is 0 Å². The molecule has 6 aromatic rings. The number of para-hydroxylation sites is 1. The molecule has 0 radical (unpaired) electrons. The molecule has 0 saturated heterocycles. The van der Waals surface area contributed by atoms with Crippen molar-refractivity contribution in [3.8, 4) is 28.9 Å². The smallest absolute Gasteiger partial charge is 0.230 e. The Hall–Kier alpha value is -5.71. The van der Waals surface area contributed by atoms with Gasteiger partial charge in [0.2, 0.25) is 11.8 Å². The van der Waals surface area contributed by atoms with Gasteiger partial charge < -0.3 is 19.0 Å². The number of aryl methyl sites for hydroxylation is 1. The van der Waals surface area contributed by atoms with Gasteiger partial charge in [-0.2, -0.15) is 5.10 Å². The van der Waals surface area contributed by atoms with Crippen LogP contribution >= 0.6 is 0 Å². The Morgan fingerprint density at radius 2 is 1.67 bits per heavy atom. The third-order valence-electron chi connectivity index (χ3n) is 7.28. The van der Waals surface area contributed by atoms with Crippen molar-refractivity contribution in [2.45, 2.75) is 19.4 Å². The van der Waals surface area contributed by atoms with Crippen molar-refractivity contribution in [3.05, 3.63) is 119 Å². The van der Waals surface area contributed by atoms with Crippen LogP contribution < -0.4 is 14.2 Å². The summed E-state index contributed by atoms with van der Waals surface area (Å²) in [7, 11) is 3.24. The number of ether oxygens (including phenoxy) is 3. The second kappa shape index (κ2) is 10.9. The Bertz CT molecular complexity index is 1950. The Labute approximate surface area is 246 Å². The molecule has 0 fully saturated rings. The zero-order valence-corrected chi connectivity index (χ0v) is 23.7. The van der Waals surface area contributed by atoms with Crippen LogP contribution in [-0.4, -0.2) is 49.8 Å². The highest BCUT2D eigenvalue weighted by Gasteiger charge is 2.38. The summed E-state index contributed by atoms with van der Waals surface area (Å²) in [5.41, 5.74) is 5.79. The summed E-state index contributed by atoms with van der Waals surface area (Å²) in [6.07, 6.45) is 3.24. The van der Waals surface area contributed by atoms with Crippen LogP contribution in [0.15, 0.2) is 90.3 Å². The third kappa shape index (κ3) is 4.70. The lowest BCUT2D eigenvalue weighted by Crippen LogP contribution is -2.16. The number of hydrogen-bond acceptors (Lipinski definition) is 9. The Balaban J connectivity index is 1.34. The normalized spacial score (nSPS) is 13.9. The maximum Gasteiger partial charge on any atom is 0.230 e. The van der Waals surface area contributed by atoms with E-state index < -0.39 is 0 Å². The van der Waals surface area contributed by atoms with Crippen molar-refractivity contribution < 1.29 is 19.0 Å². The molecule has 11 heteroatoms. The van der Waals surface area contributed by atoms with E-state index in [-0.39, 0.29) is 12.5 Å². The summed E-state index contributed by atoms with van der Waals surface area (Å²) in [6.45, 7) is 2.06. The zero-order valence-electron chi connectivity index (χ0n) is 23.7. The largest absolute Gasteiger partial charge is 0.493 e. The predicted octanol–water partition coefficient (Wildman–Crippen LogP) is 5.47. The molecule has 1 atom stereocenters. The molecule has 0 aliphatic carbocycles. The lowest BCUT2D eigenvalue weighted by atomic mass is 9.84. The lowest BCUT2D eigenvalue weighted by molar-refractivity contribution is 0.126. The van der Waals surface area contributed by atoms with Crippen molar-refractivity contribution in [2.75, 3.05) is 14.2 Å². The monoisotopic (exact) mass is 573 g/mol. The van der Waals surface area contributed by atoms with Gasteiger partial charge in [0.05, 0.1) is 48.9 Å². The number of oxime groups is 1. The molecule has 1 unspecified atom stereocenters. The van der Waals surface area contributed by atoms with Crippen molar-refractivity contribution in [3.63, 3.8) is 0 Å². The molecular formula is C32H27N7O4. The van der Waals surface area contributed by atoms with E-state index in [1.165, 1.54) is 0 Å².